The van der Waals surface area contributed by atoms with Gasteiger partial charge in [-0.05, 0) is 31.2 Å². The second-order valence-electron chi connectivity index (χ2n) is 7.88. The van der Waals surface area contributed by atoms with Gasteiger partial charge in [-0.2, -0.15) is 0 Å². The number of piperidine rings is 1. The number of carbonyl (C=O) groups is 3. The Morgan fingerprint density at radius 3 is 2.73 bits per heavy atom. The third-order valence-electron chi connectivity index (χ3n) is 5.95. The van der Waals surface area contributed by atoms with E-state index >= 15 is 0 Å². The van der Waals surface area contributed by atoms with E-state index in [1.165, 1.54) is 30.1 Å². The molecule has 33 heavy (non-hydrogen) atoms. The van der Waals surface area contributed by atoms with Crippen molar-refractivity contribution >= 4 is 27.7 Å². The van der Waals surface area contributed by atoms with E-state index in [0.29, 0.717) is 11.3 Å². The van der Waals surface area contributed by atoms with Crippen molar-refractivity contribution in [3.05, 3.63) is 65.2 Å². The summed E-state index contributed by atoms with van der Waals surface area (Å²) in [5.41, 5.74) is 1.46. The van der Waals surface area contributed by atoms with Crippen molar-refractivity contribution < 1.29 is 27.2 Å². The molecule has 0 aromatic heterocycles. The fraction of sp³-hybridized carbons (Fsp3) is 0.318. The van der Waals surface area contributed by atoms with Gasteiger partial charge in [0.1, 0.15) is 16.8 Å². The average Bonchev–Trinajstić information content (AvgIpc) is 2.96. The molecule has 1 aromatic rings. The Morgan fingerprint density at radius 1 is 1.21 bits per heavy atom. The lowest BCUT2D eigenvalue weighted by atomic mass is 10.0. The van der Waals surface area contributed by atoms with E-state index in [-0.39, 0.29) is 43.3 Å². The second-order valence-corrected chi connectivity index (χ2v) is 9.74. The zero-order valence-electron chi connectivity index (χ0n) is 17.8. The molecule has 1 aliphatic carbocycles. The van der Waals surface area contributed by atoms with Gasteiger partial charge in [-0.25, -0.2) is 17.5 Å². The van der Waals surface area contributed by atoms with Gasteiger partial charge in [0.25, 0.3) is 0 Å². The van der Waals surface area contributed by atoms with Crippen LogP contribution in [0.25, 0.3) is 0 Å². The van der Waals surface area contributed by atoms with E-state index in [2.05, 4.69) is 15.4 Å². The molecule has 2 saturated heterocycles. The standard InChI is InChI=1S/C22H23FN4O5S/c1-24-33(31,32)18-8-4-5-13(20(18)23)11-25-16-7-3-2-6-14-15(16)12-27(22(14)30)17-9-10-19(28)26-21(17)29/h2-8,14,17,24-25H,9-12H2,1H3,(H,26,28,29). The van der Waals surface area contributed by atoms with Gasteiger partial charge in [0.05, 0.1) is 5.92 Å². The monoisotopic (exact) mass is 474 g/mol. The van der Waals surface area contributed by atoms with Crippen molar-refractivity contribution in [1.82, 2.24) is 20.3 Å². The number of hydrogen-bond donors (Lipinski definition) is 3. The van der Waals surface area contributed by atoms with Crippen LogP contribution in [0.4, 0.5) is 4.39 Å². The predicted octanol–water partition coefficient (Wildman–Crippen LogP) is 0.467. The topological polar surface area (TPSA) is 125 Å². The molecular formula is C22H23FN4O5S. The maximum Gasteiger partial charge on any atom is 0.249 e. The van der Waals surface area contributed by atoms with Crippen LogP contribution in [0, 0.1) is 11.7 Å². The van der Waals surface area contributed by atoms with Crippen molar-refractivity contribution in [3.8, 4) is 0 Å². The molecule has 3 amide bonds. The van der Waals surface area contributed by atoms with E-state index in [0.717, 1.165) is 0 Å². The molecule has 174 valence electrons. The minimum Gasteiger partial charge on any atom is -0.381 e. The van der Waals surface area contributed by atoms with Gasteiger partial charge in [0.2, 0.25) is 27.7 Å². The normalized spacial score (nSPS) is 23.0. The number of halogens is 1. The highest BCUT2D eigenvalue weighted by atomic mass is 32.2. The predicted molar refractivity (Wildman–Crippen MR) is 116 cm³/mol. The molecule has 2 fully saturated rings. The number of amides is 3. The van der Waals surface area contributed by atoms with Gasteiger partial charge in [-0.15, -0.1) is 0 Å². The summed E-state index contributed by atoms with van der Waals surface area (Å²) in [4.78, 5) is 37.8. The quantitative estimate of drug-likeness (QED) is 0.515. The minimum absolute atomic E-state index is 0.0125. The van der Waals surface area contributed by atoms with Crippen LogP contribution in [-0.2, 0) is 31.0 Å². The van der Waals surface area contributed by atoms with Gasteiger partial charge in [0, 0.05) is 30.8 Å². The van der Waals surface area contributed by atoms with Gasteiger partial charge in [-0.3, -0.25) is 19.7 Å². The first kappa shape index (κ1) is 22.9. The lowest BCUT2D eigenvalue weighted by Gasteiger charge is -2.29. The van der Waals surface area contributed by atoms with Crippen LogP contribution in [0.2, 0.25) is 0 Å². The molecule has 0 radical (unpaired) electrons. The summed E-state index contributed by atoms with van der Waals surface area (Å²) >= 11 is 0. The molecule has 2 atom stereocenters. The molecule has 2 heterocycles. The van der Waals surface area contributed by atoms with Crippen LogP contribution in [-0.4, -0.2) is 50.7 Å². The zero-order chi connectivity index (χ0) is 23.8. The first-order valence-corrected chi connectivity index (χ1v) is 11.9. The highest BCUT2D eigenvalue weighted by Crippen LogP contribution is 2.32. The summed E-state index contributed by atoms with van der Waals surface area (Å²) in [7, 11) is -2.74. The van der Waals surface area contributed by atoms with Crippen molar-refractivity contribution in [1.29, 1.82) is 0 Å². The number of likely N-dealkylation sites (tertiary alicyclic amines) is 1. The van der Waals surface area contributed by atoms with E-state index in [1.807, 2.05) is 0 Å². The van der Waals surface area contributed by atoms with Crippen LogP contribution in [0.1, 0.15) is 18.4 Å². The Morgan fingerprint density at radius 2 is 2.00 bits per heavy atom. The lowest BCUT2D eigenvalue weighted by Crippen LogP contribution is -2.53. The van der Waals surface area contributed by atoms with Crippen molar-refractivity contribution in [2.24, 2.45) is 5.92 Å². The SMILES string of the molecule is CNS(=O)(=O)c1cccc(CNC2=C3CN(C4CCC(=O)NC4=O)C(=O)C3C=CC=C2)c1F. The Labute approximate surface area is 190 Å². The summed E-state index contributed by atoms with van der Waals surface area (Å²) in [6.07, 6.45) is 7.38. The Hall–Kier alpha value is -3.31. The third kappa shape index (κ3) is 4.33. The molecule has 0 spiro atoms. The summed E-state index contributed by atoms with van der Waals surface area (Å²) in [6, 6.07) is 3.40. The molecule has 3 N–H and O–H groups in total. The van der Waals surface area contributed by atoms with Crippen LogP contribution in [0.15, 0.2) is 58.7 Å². The second kappa shape index (κ2) is 8.91. The Bertz CT molecular complexity index is 1220. The van der Waals surface area contributed by atoms with E-state index in [1.54, 1.807) is 24.3 Å². The average molecular weight is 475 g/mol. The number of nitrogens with zero attached hydrogens (tertiary/aromatic N) is 1. The first-order valence-electron chi connectivity index (χ1n) is 10.4. The highest BCUT2D eigenvalue weighted by molar-refractivity contribution is 7.89. The molecule has 0 saturated carbocycles. The Kier molecular flexibility index (Phi) is 6.17. The molecule has 11 heteroatoms. The summed E-state index contributed by atoms with van der Waals surface area (Å²) < 4.78 is 41.1. The number of benzene rings is 1. The number of fused-ring (bicyclic) bond motifs is 1. The van der Waals surface area contributed by atoms with E-state index in [9.17, 15) is 27.2 Å². The Balaban J connectivity index is 1.59. The molecule has 4 rings (SSSR count). The highest BCUT2D eigenvalue weighted by Gasteiger charge is 2.43. The van der Waals surface area contributed by atoms with Crippen LogP contribution in [0.3, 0.4) is 0 Å². The number of hydrogen-bond acceptors (Lipinski definition) is 6. The number of rotatable bonds is 6. The number of nitrogens with one attached hydrogen (secondary N) is 3. The molecule has 1 aromatic carbocycles. The largest absolute Gasteiger partial charge is 0.381 e. The summed E-state index contributed by atoms with van der Waals surface area (Å²) in [5.74, 6) is -2.54. The molecule has 2 aliphatic heterocycles. The number of imide groups is 1. The summed E-state index contributed by atoms with van der Waals surface area (Å²) in [5, 5.41) is 5.39. The fourth-order valence-electron chi connectivity index (χ4n) is 4.19. The number of allylic oxidation sites excluding steroid dienone is 3. The van der Waals surface area contributed by atoms with Gasteiger partial charge < -0.3 is 10.2 Å². The molecule has 0 bridgehead atoms. The minimum atomic E-state index is -3.95. The number of sulfonamides is 1. The zero-order valence-corrected chi connectivity index (χ0v) is 18.6. The molecule has 3 aliphatic rings. The maximum atomic E-state index is 14.9. The van der Waals surface area contributed by atoms with Gasteiger partial charge in [-0.1, -0.05) is 30.4 Å². The molecule has 2 unspecified atom stereocenters. The van der Waals surface area contributed by atoms with Crippen molar-refractivity contribution in [3.63, 3.8) is 0 Å². The third-order valence-corrected chi connectivity index (χ3v) is 7.38. The first-order chi connectivity index (χ1) is 15.7. The van der Waals surface area contributed by atoms with Crippen molar-refractivity contribution in [2.75, 3.05) is 13.6 Å². The lowest BCUT2D eigenvalue weighted by molar-refractivity contribution is -0.144. The van der Waals surface area contributed by atoms with Crippen LogP contribution in [0.5, 0.6) is 0 Å². The fourth-order valence-corrected chi connectivity index (χ4v) is 5.03. The van der Waals surface area contributed by atoms with Gasteiger partial charge >= 0.3 is 0 Å². The molecule has 9 nitrogen and oxygen atoms in total. The molecular weight excluding hydrogens is 451 g/mol. The van der Waals surface area contributed by atoms with E-state index in [4.69, 9.17) is 0 Å². The van der Waals surface area contributed by atoms with Gasteiger partial charge in [0.15, 0.2) is 0 Å². The van der Waals surface area contributed by atoms with Crippen LogP contribution < -0.4 is 15.4 Å². The van der Waals surface area contributed by atoms with E-state index < -0.39 is 38.6 Å². The number of carbonyl (C=O) groups excluding carboxylic acids is 3. The van der Waals surface area contributed by atoms with Crippen molar-refractivity contribution in [2.45, 2.75) is 30.3 Å². The summed E-state index contributed by atoms with van der Waals surface area (Å²) in [6.45, 7) is 0.171. The smallest absolute Gasteiger partial charge is 0.249 e. The maximum absolute atomic E-state index is 14.9. The van der Waals surface area contributed by atoms with Crippen LogP contribution >= 0.6 is 0 Å².